The van der Waals surface area contributed by atoms with E-state index in [-0.39, 0.29) is 36.3 Å². The fraction of sp³-hybridized carbons (Fsp3) is 0.429. The molecule has 0 N–H and O–H groups in total. The SMILES string of the molecule is O=C(c1ccc(S(=O)(=O)N2CCOCC2)cc1)N1CCC(Oc2cc(C(F)(F)F)ccn2)C1. The van der Waals surface area contributed by atoms with Gasteiger partial charge in [-0.05, 0) is 30.3 Å². The zero-order chi connectivity index (χ0) is 23.6. The first-order valence-corrected chi connectivity index (χ1v) is 11.8. The second-order valence-electron chi connectivity index (χ2n) is 7.70. The molecular formula is C21H22F3N3O5S. The zero-order valence-electron chi connectivity index (χ0n) is 17.5. The predicted molar refractivity (Wildman–Crippen MR) is 110 cm³/mol. The number of benzene rings is 1. The largest absolute Gasteiger partial charge is 0.472 e. The van der Waals surface area contributed by atoms with E-state index in [1.807, 2.05) is 0 Å². The molecule has 178 valence electrons. The van der Waals surface area contributed by atoms with Crippen LogP contribution < -0.4 is 4.74 Å². The summed E-state index contributed by atoms with van der Waals surface area (Å²) in [6.07, 6.45) is -3.53. The van der Waals surface area contributed by atoms with Crippen LogP contribution >= 0.6 is 0 Å². The van der Waals surface area contributed by atoms with Crippen molar-refractivity contribution in [3.63, 3.8) is 0 Å². The molecule has 1 aromatic carbocycles. The van der Waals surface area contributed by atoms with Crippen LogP contribution in [0.3, 0.4) is 0 Å². The Bertz CT molecular complexity index is 1100. The number of nitrogens with zero attached hydrogens (tertiary/aromatic N) is 3. The van der Waals surface area contributed by atoms with Crippen LogP contribution in [0.1, 0.15) is 22.3 Å². The summed E-state index contributed by atoms with van der Waals surface area (Å²) in [6.45, 7) is 1.77. The summed E-state index contributed by atoms with van der Waals surface area (Å²) in [6, 6.07) is 7.40. The summed E-state index contributed by atoms with van der Waals surface area (Å²) in [4.78, 5) is 18.3. The minimum Gasteiger partial charge on any atom is -0.472 e. The third-order valence-electron chi connectivity index (χ3n) is 5.49. The van der Waals surface area contributed by atoms with E-state index in [1.165, 1.54) is 33.5 Å². The maximum atomic E-state index is 12.9. The molecule has 8 nitrogen and oxygen atoms in total. The number of amides is 1. The van der Waals surface area contributed by atoms with Gasteiger partial charge in [-0.2, -0.15) is 17.5 Å². The van der Waals surface area contributed by atoms with Gasteiger partial charge in [-0.3, -0.25) is 4.79 Å². The average Bonchev–Trinajstić information content (AvgIpc) is 3.27. The second-order valence-corrected chi connectivity index (χ2v) is 9.64. The Hall–Kier alpha value is -2.70. The van der Waals surface area contributed by atoms with Gasteiger partial charge in [0.05, 0.1) is 30.2 Å². The molecule has 0 bridgehead atoms. The number of hydrogen-bond acceptors (Lipinski definition) is 6. The van der Waals surface area contributed by atoms with E-state index in [2.05, 4.69) is 4.98 Å². The smallest absolute Gasteiger partial charge is 0.416 e. The molecule has 33 heavy (non-hydrogen) atoms. The number of aromatic nitrogens is 1. The van der Waals surface area contributed by atoms with E-state index in [0.717, 1.165) is 18.3 Å². The Labute approximate surface area is 189 Å². The fourth-order valence-corrected chi connectivity index (χ4v) is 5.13. The highest BCUT2D eigenvalue weighted by Gasteiger charge is 2.33. The van der Waals surface area contributed by atoms with Crippen molar-refractivity contribution in [1.29, 1.82) is 0 Å². The number of hydrogen-bond donors (Lipinski definition) is 0. The summed E-state index contributed by atoms with van der Waals surface area (Å²) in [7, 11) is -3.66. The molecule has 4 rings (SSSR count). The van der Waals surface area contributed by atoms with E-state index in [1.54, 1.807) is 0 Å². The lowest BCUT2D eigenvalue weighted by molar-refractivity contribution is -0.137. The van der Waals surface area contributed by atoms with Crippen molar-refractivity contribution in [2.45, 2.75) is 23.6 Å². The summed E-state index contributed by atoms with van der Waals surface area (Å²) in [5.74, 6) is -0.463. The second kappa shape index (κ2) is 9.27. The quantitative estimate of drug-likeness (QED) is 0.647. The lowest BCUT2D eigenvalue weighted by atomic mass is 10.2. The summed E-state index contributed by atoms with van der Waals surface area (Å²) >= 11 is 0. The van der Waals surface area contributed by atoms with Gasteiger partial charge in [0, 0.05) is 43.9 Å². The minimum atomic E-state index is -4.50. The molecule has 0 saturated carbocycles. The van der Waals surface area contributed by atoms with Crippen LogP contribution in [0.4, 0.5) is 13.2 Å². The van der Waals surface area contributed by atoms with E-state index < -0.39 is 27.9 Å². The highest BCUT2D eigenvalue weighted by atomic mass is 32.2. The molecule has 0 radical (unpaired) electrons. The molecule has 2 fully saturated rings. The van der Waals surface area contributed by atoms with Gasteiger partial charge in [-0.15, -0.1) is 0 Å². The van der Waals surface area contributed by atoms with Crippen LogP contribution in [-0.4, -0.2) is 74.0 Å². The van der Waals surface area contributed by atoms with Crippen LogP contribution in [0.5, 0.6) is 5.88 Å². The number of likely N-dealkylation sites (tertiary alicyclic amines) is 1. The average molecular weight is 485 g/mol. The Morgan fingerprint density at radius 2 is 1.79 bits per heavy atom. The number of carbonyl (C=O) groups excluding carboxylic acids is 1. The molecule has 0 spiro atoms. The lowest BCUT2D eigenvalue weighted by Gasteiger charge is -2.26. The number of morpholine rings is 1. The molecule has 1 unspecified atom stereocenters. The molecule has 1 atom stereocenters. The third kappa shape index (κ3) is 5.28. The van der Waals surface area contributed by atoms with Gasteiger partial charge in [-0.25, -0.2) is 13.4 Å². The predicted octanol–water partition coefficient (Wildman–Crippen LogP) is 2.41. The number of sulfonamides is 1. The first kappa shape index (κ1) is 23.5. The van der Waals surface area contributed by atoms with Gasteiger partial charge in [0.15, 0.2) is 0 Å². The first-order valence-electron chi connectivity index (χ1n) is 10.3. The Morgan fingerprint density at radius 3 is 2.45 bits per heavy atom. The molecule has 0 aliphatic carbocycles. The molecular weight excluding hydrogens is 463 g/mol. The van der Waals surface area contributed by atoms with Crippen LogP contribution in [0.25, 0.3) is 0 Å². The lowest BCUT2D eigenvalue weighted by Crippen LogP contribution is -2.40. The van der Waals surface area contributed by atoms with Crippen LogP contribution in [-0.2, 0) is 20.9 Å². The number of alkyl halides is 3. The Kier molecular flexibility index (Phi) is 6.59. The van der Waals surface area contributed by atoms with Crippen molar-refractivity contribution in [2.24, 2.45) is 0 Å². The molecule has 3 heterocycles. The van der Waals surface area contributed by atoms with Crippen molar-refractivity contribution in [1.82, 2.24) is 14.2 Å². The van der Waals surface area contributed by atoms with Gasteiger partial charge >= 0.3 is 6.18 Å². The van der Waals surface area contributed by atoms with Crippen molar-refractivity contribution < 1.29 is 35.9 Å². The van der Waals surface area contributed by atoms with Gasteiger partial charge in [-0.1, -0.05) is 0 Å². The molecule has 2 aliphatic heterocycles. The monoisotopic (exact) mass is 485 g/mol. The Balaban J connectivity index is 1.38. The van der Waals surface area contributed by atoms with E-state index in [0.29, 0.717) is 31.7 Å². The zero-order valence-corrected chi connectivity index (χ0v) is 18.3. The number of ether oxygens (including phenoxy) is 2. The molecule has 2 saturated heterocycles. The summed E-state index contributed by atoms with van der Waals surface area (Å²) in [5, 5.41) is 0. The third-order valence-corrected chi connectivity index (χ3v) is 7.40. The molecule has 1 aromatic heterocycles. The van der Waals surface area contributed by atoms with E-state index in [9.17, 15) is 26.4 Å². The number of rotatable bonds is 5. The number of carbonyl (C=O) groups is 1. The van der Waals surface area contributed by atoms with Crippen molar-refractivity contribution >= 4 is 15.9 Å². The van der Waals surface area contributed by atoms with Crippen LogP contribution in [0.15, 0.2) is 47.5 Å². The highest BCUT2D eigenvalue weighted by molar-refractivity contribution is 7.89. The normalized spacial score (nSPS) is 20.1. The maximum absolute atomic E-state index is 12.9. The topological polar surface area (TPSA) is 89.0 Å². The van der Waals surface area contributed by atoms with Crippen molar-refractivity contribution in [3.05, 3.63) is 53.7 Å². The Morgan fingerprint density at radius 1 is 1.09 bits per heavy atom. The first-order chi connectivity index (χ1) is 15.6. The van der Waals surface area contributed by atoms with Gasteiger partial charge < -0.3 is 14.4 Å². The van der Waals surface area contributed by atoms with Gasteiger partial charge in [0.2, 0.25) is 15.9 Å². The summed E-state index contributed by atoms with van der Waals surface area (Å²) in [5.41, 5.74) is -0.542. The van der Waals surface area contributed by atoms with Crippen molar-refractivity contribution in [3.8, 4) is 5.88 Å². The van der Waals surface area contributed by atoms with Gasteiger partial charge in [0.25, 0.3) is 5.91 Å². The standard InChI is InChI=1S/C21H22F3N3O5S/c22-21(23,24)16-5-7-25-19(13-16)32-17-6-8-26(14-17)20(28)15-1-3-18(4-2-15)33(29,30)27-9-11-31-12-10-27/h1-5,7,13,17H,6,8-12,14H2. The van der Waals surface area contributed by atoms with Crippen LogP contribution in [0.2, 0.25) is 0 Å². The summed E-state index contributed by atoms with van der Waals surface area (Å²) < 4.78 is 76.1. The van der Waals surface area contributed by atoms with E-state index in [4.69, 9.17) is 9.47 Å². The minimum absolute atomic E-state index is 0.0965. The molecule has 2 aromatic rings. The number of pyridine rings is 1. The molecule has 2 aliphatic rings. The fourth-order valence-electron chi connectivity index (χ4n) is 3.72. The maximum Gasteiger partial charge on any atom is 0.416 e. The molecule has 12 heteroatoms. The number of halogens is 3. The molecule has 1 amide bonds. The highest BCUT2D eigenvalue weighted by Crippen LogP contribution is 2.31. The van der Waals surface area contributed by atoms with Crippen LogP contribution in [0, 0.1) is 0 Å². The van der Waals surface area contributed by atoms with Gasteiger partial charge in [0.1, 0.15) is 6.10 Å². The van der Waals surface area contributed by atoms with Crippen molar-refractivity contribution in [2.75, 3.05) is 39.4 Å². The van der Waals surface area contributed by atoms with E-state index >= 15 is 0 Å².